The second-order valence-electron chi connectivity index (χ2n) is 6.20. The fraction of sp³-hybridized carbons (Fsp3) is 0.867. The summed E-state index contributed by atoms with van der Waals surface area (Å²) in [6.07, 6.45) is 8.29. The van der Waals surface area contributed by atoms with Crippen LogP contribution in [0, 0.1) is 5.92 Å². The second kappa shape index (κ2) is 5.51. The summed E-state index contributed by atoms with van der Waals surface area (Å²) in [5, 5.41) is 0. The highest BCUT2D eigenvalue weighted by molar-refractivity contribution is 5.84. The van der Waals surface area contributed by atoms with E-state index in [2.05, 4.69) is 0 Å². The second-order valence-corrected chi connectivity index (χ2v) is 6.20. The average Bonchev–Trinajstić information content (AvgIpc) is 3.09. The van der Waals surface area contributed by atoms with E-state index in [1.807, 2.05) is 9.80 Å². The zero-order valence-corrected chi connectivity index (χ0v) is 11.6. The predicted molar refractivity (Wildman–Crippen MR) is 72.9 cm³/mol. The average molecular weight is 264 g/mol. The lowest BCUT2D eigenvalue weighted by atomic mass is 9.88. The zero-order valence-electron chi connectivity index (χ0n) is 11.6. The summed E-state index contributed by atoms with van der Waals surface area (Å²) in [4.78, 5) is 28.6. The molecule has 1 aliphatic carbocycles. The number of urea groups is 1. The smallest absolute Gasteiger partial charge is 0.320 e. The number of nitrogens with zero attached hydrogens (tertiary/aromatic N) is 2. The molecule has 2 saturated heterocycles. The van der Waals surface area contributed by atoms with Gasteiger partial charge in [0.05, 0.1) is 0 Å². The van der Waals surface area contributed by atoms with E-state index in [0.717, 1.165) is 71.0 Å². The molecule has 19 heavy (non-hydrogen) atoms. The number of ketones is 1. The van der Waals surface area contributed by atoms with Crippen LogP contribution in [0.15, 0.2) is 0 Å². The Morgan fingerprint density at radius 3 is 2.37 bits per heavy atom. The quantitative estimate of drug-likeness (QED) is 0.730. The van der Waals surface area contributed by atoms with E-state index in [-0.39, 0.29) is 18.0 Å². The van der Waals surface area contributed by atoms with Crippen molar-refractivity contribution in [2.75, 3.05) is 19.6 Å². The topological polar surface area (TPSA) is 40.6 Å². The lowest BCUT2D eigenvalue weighted by Gasteiger charge is -2.40. The molecule has 0 aromatic carbocycles. The third-order valence-corrected chi connectivity index (χ3v) is 4.99. The van der Waals surface area contributed by atoms with Crippen LogP contribution in [-0.2, 0) is 4.79 Å². The number of hydrogen-bond acceptors (Lipinski definition) is 2. The van der Waals surface area contributed by atoms with Gasteiger partial charge in [0.2, 0.25) is 0 Å². The molecular formula is C15H24N2O2. The molecule has 2 heterocycles. The molecule has 0 spiro atoms. The Hall–Kier alpha value is -1.06. The summed E-state index contributed by atoms with van der Waals surface area (Å²) in [7, 11) is 0. The van der Waals surface area contributed by atoms with Crippen molar-refractivity contribution in [1.29, 1.82) is 0 Å². The van der Waals surface area contributed by atoms with Crippen LogP contribution in [-0.4, -0.2) is 47.3 Å². The van der Waals surface area contributed by atoms with Gasteiger partial charge in [-0.15, -0.1) is 0 Å². The Morgan fingerprint density at radius 2 is 1.68 bits per heavy atom. The van der Waals surface area contributed by atoms with Crippen molar-refractivity contribution in [3.8, 4) is 0 Å². The summed E-state index contributed by atoms with van der Waals surface area (Å²) >= 11 is 0. The van der Waals surface area contributed by atoms with Crippen molar-refractivity contribution in [2.45, 2.75) is 57.4 Å². The van der Waals surface area contributed by atoms with Gasteiger partial charge in [-0.25, -0.2) is 4.79 Å². The molecule has 2 atom stereocenters. The first-order chi connectivity index (χ1) is 9.27. The summed E-state index contributed by atoms with van der Waals surface area (Å²) in [5.74, 6) is 0.526. The number of carbonyl (C=O) groups is 2. The number of carbonyl (C=O) groups excluding carboxylic acids is 2. The lowest BCUT2D eigenvalue weighted by Crippen LogP contribution is -2.52. The predicted octanol–water partition coefficient (Wildman–Crippen LogP) is 2.43. The normalized spacial score (nSPS) is 32.1. The van der Waals surface area contributed by atoms with Crippen molar-refractivity contribution in [3.05, 3.63) is 0 Å². The van der Waals surface area contributed by atoms with Gasteiger partial charge in [-0.1, -0.05) is 0 Å². The molecule has 106 valence electrons. The van der Waals surface area contributed by atoms with Crippen molar-refractivity contribution in [3.63, 3.8) is 0 Å². The van der Waals surface area contributed by atoms with Crippen LogP contribution in [0.2, 0.25) is 0 Å². The molecule has 0 N–H and O–H groups in total. The molecule has 3 aliphatic rings. The van der Waals surface area contributed by atoms with Gasteiger partial charge >= 0.3 is 6.03 Å². The molecule has 2 aliphatic heterocycles. The third kappa shape index (κ3) is 2.49. The minimum Gasteiger partial charge on any atom is -0.325 e. The molecule has 3 rings (SSSR count). The number of likely N-dealkylation sites (tertiary alicyclic amines) is 2. The number of piperidine rings is 1. The summed E-state index contributed by atoms with van der Waals surface area (Å²) in [6, 6.07) is 0.388. The molecule has 4 heteroatoms. The Morgan fingerprint density at radius 1 is 0.947 bits per heavy atom. The zero-order chi connectivity index (χ0) is 13.2. The van der Waals surface area contributed by atoms with Crippen molar-refractivity contribution in [2.24, 2.45) is 5.92 Å². The van der Waals surface area contributed by atoms with Crippen molar-refractivity contribution < 1.29 is 9.59 Å². The Labute approximate surface area is 115 Å². The standard InChI is InChI=1S/C15H24N2O2/c18-14-8-5-6-12(14)13-7-1-2-11-17(13)15(19)16-9-3-4-10-16/h12-13H,1-11H2. The first-order valence-corrected chi connectivity index (χ1v) is 7.85. The molecule has 3 fully saturated rings. The summed E-state index contributed by atoms with van der Waals surface area (Å²) in [5.41, 5.74) is 0. The molecule has 0 aromatic rings. The Balaban J connectivity index is 1.72. The van der Waals surface area contributed by atoms with Crippen LogP contribution in [0.5, 0.6) is 0 Å². The fourth-order valence-corrected chi connectivity index (χ4v) is 3.95. The van der Waals surface area contributed by atoms with Crippen LogP contribution < -0.4 is 0 Å². The van der Waals surface area contributed by atoms with Crippen LogP contribution in [0.4, 0.5) is 4.79 Å². The molecule has 1 saturated carbocycles. The van der Waals surface area contributed by atoms with Gasteiger partial charge < -0.3 is 9.80 Å². The van der Waals surface area contributed by atoms with Crippen LogP contribution in [0.1, 0.15) is 51.4 Å². The largest absolute Gasteiger partial charge is 0.325 e. The molecule has 2 amide bonds. The van der Waals surface area contributed by atoms with E-state index in [0.29, 0.717) is 5.78 Å². The first kappa shape index (κ1) is 12.9. The van der Waals surface area contributed by atoms with E-state index < -0.39 is 0 Å². The molecule has 2 unspecified atom stereocenters. The van der Waals surface area contributed by atoms with Gasteiger partial charge in [-0.3, -0.25) is 4.79 Å². The molecule has 0 radical (unpaired) electrons. The van der Waals surface area contributed by atoms with E-state index in [4.69, 9.17) is 0 Å². The summed E-state index contributed by atoms with van der Waals surface area (Å²) in [6.45, 7) is 2.66. The van der Waals surface area contributed by atoms with E-state index >= 15 is 0 Å². The maximum atomic E-state index is 12.6. The Bertz CT molecular complexity index is 363. The number of amides is 2. The minimum absolute atomic E-state index is 0.131. The molecule has 0 aromatic heterocycles. The fourth-order valence-electron chi connectivity index (χ4n) is 3.95. The van der Waals surface area contributed by atoms with Crippen LogP contribution in [0.3, 0.4) is 0 Å². The molecular weight excluding hydrogens is 240 g/mol. The van der Waals surface area contributed by atoms with Crippen molar-refractivity contribution >= 4 is 11.8 Å². The highest BCUT2D eigenvalue weighted by atomic mass is 16.2. The van der Waals surface area contributed by atoms with Crippen molar-refractivity contribution in [1.82, 2.24) is 9.80 Å². The highest BCUT2D eigenvalue weighted by Gasteiger charge is 2.40. The van der Waals surface area contributed by atoms with E-state index in [9.17, 15) is 9.59 Å². The summed E-state index contributed by atoms with van der Waals surface area (Å²) < 4.78 is 0. The monoisotopic (exact) mass is 264 g/mol. The maximum absolute atomic E-state index is 12.6. The molecule has 0 bridgehead atoms. The van der Waals surface area contributed by atoms with Gasteiger partial charge in [0.25, 0.3) is 0 Å². The minimum atomic E-state index is 0.131. The first-order valence-electron chi connectivity index (χ1n) is 7.85. The van der Waals surface area contributed by atoms with E-state index in [1.165, 1.54) is 0 Å². The molecule has 4 nitrogen and oxygen atoms in total. The van der Waals surface area contributed by atoms with Crippen LogP contribution in [0.25, 0.3) is 0 Å². The van der Waals surface area contributed by atoms with Gasteiger partial charge in [0, 0.05) is 38.0 Å². The lowest BCUT2D eigenvalue weighted by molar-refractivity contribution is -0.122. The number of hydrogen-bond donors (Lipinski definition) is 0. The maximum Gasteiger partial charge on any atom is 0.320 e. The van der Waals surface area contributed by atoms with Gasteiger partial charge in [-0.05, 0) is 44.9 Å². The van der Waals surface area contributed by atoms with E-state index in [1.54, 1.807) is 0 Å². The van der Waals surface area contributed by atoms with Gasteiger partial charge in [0.1, 0.15) is 5.78 Å². The van der Waals surface area contributed by atoms with Gasteiger partial charge in [-0.2, -0.15) is 0 Å². The number of rotatable bonds is 1. The number of Topliss-reactive ketones (excluding diaryl/α,β-unsaturated/α-hetero) is 1. The van der Waals surface area contributed by atoms with Gasteiger partial charge in [0.15, 0.2) is 0 Å². The highest BCUT2D eigenvalue weighted by Crippen LogP contribution is 2.33. The van der Waals surface area contributed by atoms with Crippen LogP contribution >= 0.6 is 0 Å². The SMILES string of the molecule is O=C1CCCC1C1CCCCN1C(=O)N1CCCC1. The third-order valence-electron chi connectivity index (χ3n) is 4.99. The Kier molecular flexibility index (Phi) is 3.76.